The van der Waals surface area contributed by atoms with Crippen LogP contribution in [0.1, 0.15) is 37.3 Å². The third-order valence-electron chi connectivity index (χ3n) is 8.86. The van der Waals surface area contributed by atoms with E-state index in [0.717, 1.165) is 54.7 Å². The van der Waals surface area contributed by atoms with Crippen molar-refractivity contribution >= 4 is 27.4 Å². The molecule has 2 aromatic heterocycles. The van der Waals surface area contributed by atoms with Crippen LogP contribution in [0.5, 0.6) is 0 Å². The smallest absolute Gasteiger partial charge is 0.0712 e. The summed E-state index contributed by atoms with van der Waals surface area (Å²) >= 11 is 0. The number of para-hydroxylation sites is 1. The standard InChI is InChI=1S/C39H31N3/c1-2-8-33-30(7-1)25-38(28-17-13-26(14-18-28)31-21-23-40-36-11-5-3-9-34(31)36)42-39(33)29-19-15-27(16-20-29)32-22-24-41-37-12-6-4-10-35(32)37/h1-3,5-9,11-19,21,23,25,29H,4,10,20,22,24H2. The monoisotopic (exact) mass is 541 g/mol. The maximum absolute atomic E-state index is 5.32. The van der Waals surface area contributed by atoms with Crippen LogP contribution in [0.15, 0.2) is 143 Å². The maximum Gasteiger partial charge on any atom is 0.0712 e. The van der Waals surface area contributed by atoms with E-state index in [1.54, 1.807) is 0 Å². The van der Waals surface area contributed by atoms with Gasteiger partial charge in [0.15, 0.2) is 0 Å². The van der Waals surface area contributed by atoms with Crippen molar-refractivity contribution in [3.63, 3.8) is 0 Å². The van der Waals surface area contributed by atoms with Gasteiger partial charge in [0.25, 0.3) is 0 Å². The normalized spacial score (nSPS) is 18.2. The number of allylic oxidation sites excluding steroid dienone is 7. The first-order chi connectivity index (χ1) is 20.8. The van der Waals surface area contributed by atoms with Gasteiger partial charge in [0.05, 0.1) is 22.6 Å². The summed E-state index contributed by atoms with van der Waals surface area (Å²) in [5, 5.41) is 3.64. The van der Waals surface area contributed by atoms with E-state index >= 15 is 0 Å². The van der Waals surface area contributed by atoms with Crippen molar-refractivity contribution in [3.8, 4) is 22.4 Å². The first kappa shape index (κ1) is 24.9. The average Bonchev–Trinajstić information content (AvgIpc) is 3.07. The number of hydrogen-bond donors (Lipinski definition) is 0. The Bertz CT molecular complexity index is 2000. The minimum absolute atomic E-state index is 0.245. The molecule has 0 fully saturated rings. The number of nitrogens with zero attached hydrogens (tertiary/aromatic N) is 3. The van der Waals surface area contributed by atoms with E-state index in [-0.39, 0.29) is 5.92 Å². The Morgan fingerprint density at radius 2 is 1.57 bits per heavy atom. The number of dihydropyridines is 1. The molecule has 0 saturated heterocycles. The molecule has 0 N–H and O–H groups in total. The summed E-state index contributed by atoms with van der Waals surface area (Å²) in [5.74, 6) is 0.245. The van der Waals surface area contributed by atoms with Crippen LogP contribution in [0.2, 0.25) is 0 Å². The van der Waals surface area contributed by atoms with E-state index in [2.05, 4.69) is 114 Å². The van der Waals surface area contributed by atoms with Crippen LogP contribution in [-0.4, -0.2) is 22.2 Å². The highest BCUT2D eigenvalue weighted by atomic mass is 14.8. The highest BCUT2D eigenvalue weighted by molar-refractivity contribution is 6.10. The van der Waals surface area contributed by atoms with Gasteiger partial charge in [0.1, 0.15) is 0 Å². The van der Waals surface area contributed by atoms with Gasteiger partial charge in [-0.3, -0.25) is 15.0 Å². The van der Waals surface area contributed by atoms with Crippen molar-refractivity contribution in [1.82, 2.24) is 9.97 Å². The van der Waals surface area contributed by atoms with E-state index < -0.39 is 0 Å². The fourth-order valence-corrected chi connectivity index (χ4v) is 6.73. The molecule has 0 amide bonds. The summed E-state index contributed by atoms with van der Waals surface area (Å²) in [4.78, 5) is 14.6. The maximum atomic E-state index is 5.32. The lowest BCUT2D eigenvalue weighted by Crippen LogP contribution is -2.15. The number of fused-ring (bicyclic) bond motifs is 3. The molecule has 0 spiro atoms. The predicted octanol–water partition coefficient (Wildman–Crippen LogP) is 9.58. The molecule has 3 heterocycles. The van der Waals surface area contributed by atoms with E-state index in [4.69, 9.17) is 9.98 Å². The summed E-state index contributed by atoms with van der Waals surface area (Å²) in [6.45, 7) is 0.886. The molecule has 8 rings (SSSR count). The fourth-order valence-electron chi connectivity index (χ4n) is 6.73. The zero-order valence-electron chi connectivity index (χ0n) is 23.5. The van der Waals surface area contributed by atoms with E-state index in [1.807, 2.05) is 12.3 Å². The van der Waals surface area contributed by atoms with Crippen molar-refractivity contribution in [2.24, 2.45) is 4.99 Å². The molecule has 0 saturated carbocycles. The molecule has 3 nitrogen and oxygen atoms in total. The molecule has 0 radical (unpaired) electrons. The predicted molar refractivity (Wildman–Crippen MR) is 175 cm³/mol. The van der Waals surface area contributed by atoms with Gasteiger partial charge in [-0.05, 0) is 83.2 Å². The quantitative estimate of drug-likeness (QED) is 0.227. The van der Waals surface area contributed by atoms with Gasteiger partial charge >= 0.3 is 0 Å². The lowest BCUT2D eigenvalue weighted by Gasteiger charge is -2.25. The number of rotatable bonds is 4. The molecule has 3 aliphatic rings. The Morgan fingerprint density at radius 1 is 0.738 bits per heavy atom. The van der Waals surface area contributed by atoms with Crippen LogP contribution in [0, 0.1) is 0 Å². The Hall–Kier alpha value is -4.89. The van der Waals surface area contributed by atoms with Crippen molar-refractivity contribution in [2.75, 3.05) is 6.54 Å². The SMILES string of the molecule is C1=CC2=NCCC(C3=CCC(c4nc(-c5ccc(-c6ccnc7ccccc67)cc5)cc5ccccc45)C=C3)=C2CC1. The topological polar surface area (TPSA) is 38.1 Å². The Balaban J connectivity index is 1.13. The highest BCUT2D eigenvalue weighted by Gasteiger charge is 2.23. The lowest BCUT2D eigenvalue weighted by atomic mass is 9.82. The summed E-state index contributed by atoms with van der Waals surface area (Å²) in [5.41, 5.74) is 12.2. The van der Waals surface area contributed by atoms with Crippen LogP contribution in [-0.2, 0) is 0 Å². The number of benzene rings is 3. The van der Waals surface area contributed by atoms with Gasteiger partial charge in [-0.15, -0.1) is 0 Å². The zero-order valence-corrected chi connectivity index (χ0v) is 23.5. The van der Waals surface area contributed by atoms with E-state index in [0.29, 0.717) is 0 Å². The Labute approximate surface area is 246 Å². The molecular formula is C39H31N3. The van der Waals surface area contributed by atoms with Crippen LogP contribution in [0.4, 0.5) is 0 Å². The fraction of sp³-hybridized carbons (Fsp3) is 0.154. The molecule has 1 atom stereocenters. The molecule has 0 bridgehead atoms. The molecular weight excluding hydrogens is 510 g/mol. The minimum atomic E-state index is 0.245. The second kappa shape index (κ2) is 10.5. The van der Waals surface area contributed by atoms with Crippen molar-refractivity contribution < 1.29 is 0 Å². The second-order valence-corrected chi connectivity index (χ2v) is 11.3. The zero-order chi connectivity index (χ0) is 27.9. The van der Waals surface area contributed by atoms with Crippen molar-refractivity contribution in [1.29, 1.82) is 0 Å². The number of aliphatic imine (C=N–C) groups is 1. The molecule has 1 unspecified atom stereocenters. The summed E-state index contributed by atoms with van der Waals surface area (Å²) in [6, 6.07) is 30.2. The summed E-state index contributed by atoms with van der Waals surface area (Å²) < 4.78 is 0. The van der Waals surface area contributed by atoms with Gasteiger partial charge < -0.3 is 0 Å². The van der Waals surface area contributed by atoms with Gasteiger partial charge in [-0.25, -0.2) is 0 Å². The lowest BCUT2D eigenvalue weighted by molar-refractivity contribution is 0.812. The van der Waals surface area contributed by atoms with E-state index in [9.17, 15) is 0 Å². The Kier molecular flexibility index (Phi) is 6.22. The van der Waals surface area contributed by atoms with Crippen LogP contribution >= 0.6 is 0 Å². The molecule has 2 aliphatic carbocycles. The third-order valence-corrected chi connectivity index (χ3v) is 8.86. The summed E-state index contributed by atoms with van der Waals surface area (Å²) in [6.07, 6.45) is 17.7. The molecule has 202 valence electrons. The van der Waals surface area contributed by atoms with Gasteiger partial charge in [-0.2, -0.15) is 0 Å². The molecule has 42 heavy (non-hydrogen) atoms. The Morgan fingerprint density at radius 3 is 2.45 bits per heavy atom. The first-order valence-corrected chi connectivity index (χ1v) is 15.0. The third kappa shape index (κ3) is 4.42. The van der Waals surface area contributed by atoms with Crippen LogP contribution < -0.4 is 0 Å². The largest absolute Gasteiger partial charge is 0.285 e. The first-order valence-electron chi connectivity index (χ1n) is 15.0. The van der Waals surface area contributed by atoms with Gasteiger partial charge in [0.2, 0.25) is 0 Å². The van der Waals surface area contributed by atoms with Crippen molar-refractivity contribution in [2.45, 2.75) is 31.6 Å². The summed E-state index contributed by atoms with van der Waals surface area (Å²) in [7, 11) is 0. The number of pyridine rings is 2. The average molecular weight is 542 g/mol. The highest BCUT2D eigenvalue weighted by Crippen LogP contribution is 2.38. The van der Waals surface area contributed by atoms with Crippen LogP contribution in [0.25, 0.3) is 44.1 Å². The molecule has 1 aliphatic heterocycles. The van der Waals surface area contributed by atoms with E-state index in [1.165, 1.54) is 49.7 Å². The molecule has 5 aromatic rings. The number of aromatic nitrogens is 2. The van der Waals surface area contributed by atoms with Crippen LogP contribution in [0.3, 0.4) is 0 Å². The second-order valence-electron chi connectivity index (χ2n) is 11.3. The molecule has 3 heteroatoms. The van der Waals surface area contributed by atoms with Gasteiger partial charge in [0, 0.05) is 35.0 Å². The molecule has 3 aromatic carbocycles. The van der Waals surface area contributed by atoms with Gasteiger partial charge in [-0.1, -0.05) is 91.0 Å². The van der Waals surface area contributed by atoms with Crippen molar-refractivity contribution in [3.05, 3.63) is 144 Å². The number of hydrogen-bond acceptors (Lipinski definition) is 3. The minimum Gasteiger partial charge on any atom is -0.285 e.